The van der Waals surface area contributed by atoms with Crippen LogP contribution in [-0.2, 0) is 18.5 Å². The lowest BCUT2D eigenvalue weighted by molar-refractivity contribution is -0.143. The van der Waals surface area contributed by atoms with Crippen molar-refractivity contribution in [1.29, 1.82) is 0 Å². The van der Waals surface area contributed by atoms with Gasteiger partial charge in [0.15, 0.2) is 0 Å². The number of hydrogen-bond donors (Lipinski definition) is 2. The van der Waals surface area contributed by atoms with Crippen LogP contribution < -0.4 is 0 Å². The van der Waals surface area contributed by atoms with E-state index in [0.717, 1.165) is 16.8 Å². The molecule has 13 heteroatoms. The monoisotopic (exact) mass is 507 g/mol. The van der Waals surface area contributed by atoms with Crippen molar-refractivity contribution in [2.24, 2.45) is 0 Å². The molecule has 2 aromatic carbocycles. The Labute approximate surface area is 184 Å². The van der Waals surface area contributed by atoms with Crippen molar-refractivity contribution in [2.45, 2.75) is 51.4 Å². The second-order valence-corrected chi connectivity index (χ2v) is 8.61. The number of hydrogen-bond acceptors (Lipinski definition) is 3. The van der Waals surface area contributed by atoms with Gasteiger partial charge in [-0.1, -0.05) is 11.6 Å². The zero-order chi connectivity index (χ0) is 25.5. The topological polar surface area (TPSA) is 43.7 Å². The molecule has 2 N–H and O–H groups in total. The van der Waals surface area contributed by atoms with E-state index < -0.39 is 61.4 Å². The Morgan fingerprint density at radius 3 is 1.36 bits per heavy atom. The molecule has 2 aromatic rings. The van der Waals surface area contributed by atoms with Crippen molar-refractivity contribution in [3.05, 3.63) is 69.8 Å². The number of aryl methyl sites for hydroxylation is 1. The first-order valence-electron chi connectivity index (χ1n) is 9.26. The van der Waals surface area contributed by atoms with Gasteiger partial charge in [-0.25, -0.2) is 4.67 Å². The molecule has 0 aliphatic rings. The van der Waals surface area contributed by atoms with Gasteiger partial charge < -0.3 is 9.79 Å². The normalized spacial score (nSPS) is 14.5. The molecule has 0 saturated carbocycles. The van der Waals surface area contributed by atoms with Gasteiger partial charge in [-0.2, -0.15) is 39.5 Å². The van der Waals surface area contributed by atoms with Crippen molar-refractivity contribution < 1.29 is 49.3 Å². The summed E-state index contributed by atoms with van der Waals surface area (Å²) in [6, 6.07) is 0.450. The van der Waals surface area contributed by atoms with E-state index >= 15 is 0 Å². The quantitative estimate of drug-likeness (QED) is 0.336. The van der Waals surface area contributed by atoms with Crippen LogP contribution in [-0.4, -0.2) is 20.5 Å². The number of alkyl halides is 9. The Hall–Kier alpha value is -1.88. The Kier molecular flexibility index (Phi) is 7.80. The standard InChI is InChI=1S/C20H19F9NO2P/c1-10(2)30(33(31)32)17(12-4-11(3)5-14(6-12)18(21,22)23)13-7-15(19(24,25)26)9-16(8-13)20(27,28)29/h4-10,17,31-32H,1-3H3. The highest BCUT2D eigenvalue weighted by Crippen LogP contribution is 2.47. The lowest BCUT2D eigenvalue weighted by Gasteiger charge is -2.36. The molecule has 184 valence electrons. The number of rotatable bonds is 5. The van der Waals surface area contributed by atoms with Crippen molar-refractivity contribution in [3.63, 3.8) is 0 Å². The van der Waals surface area contributed by atoms with E-state index in [1.807, 2.05) is 0 Å². The molecule has 0 aliphatic carbocycles. The molecule has 0 heterocycles. The van der Waals surface area contributed by atoms with Crippen LogP contribution in [0.25, 0.3) is 0 Å². The van der Waals surface area contributed by atoms with E-state index in [1.165, 1.54) is 20.8 Å². The van der Waals surface area contributed by atoms with Crippen LogP contribution in [0.5, 0.6) is 0 Å². The molecule has 0 aromatic heterocycles. The van der Waals surface area contributed by atoms with Gasteiger partial charge in [0.05, 0.1) is 22.7 Å². The maximum absolute atomic E-state index is 13.4. The fourth-order valence-electron chi connectivity index (χ4n) is 3.38. The van der Waals surface area contributed by atoms with Crippen LogP contribution in [0.1, 0.15) is 53.3 Å². The maximum atomic E-state index is 13.4. The number of benzene rings is 2. The average Bonchev–Trinajstić information content (AvgIpc) is 2.62. The molecule has 0 amide bonds. The molecule has 0 spiro atoms. The molecule has 0 bridgehead atoms. The summed E-state index contributed by atoms with van der Waals surface area (Å²) < 4.78 is 121. The lowest BCUT2D eigenvalue weighted by atomic mass is 9.92. The van der Waals surface area contributed by atoms with Gasteiger partial charge in [-0.05, 0) is 62.2 Å². The second kappa shape index (κ2) is 9.40. The molecule has 33 heavy (non-hydrogen) atoms. The van der Waals surface area contributed by atoms with E-state index in [4.69, 9.17) is 0 Å². The number of halogens is 9. The summed E-state index contributed by atoms with van der Waals surface area (Å²) in [4.78, 5) is 19.8. The van der Waals surface area contributed by atoms with Crippen LogP contribution in [0.3, 0.4) is 0 Å². The zero-order valence-electron chi connectivity index (χ0n) is 17.3. The average molecular weight is 507 g/mol. The summed E-state index contributed by atoms with van der Waals surface area (Å²) in [5, 5.41) is 0. The summed E-state index contributed by atoms with van der Waals surface area (Å²) in [6.45, 7) is 4.00. The van der Waals surface area contributed by atoms with E-state index in [2.05, 4.69) is 0 Å². The third-order valence-corrected chi connectivity index (χ3v) is 5.77. The van der Waals surface area contributed by atoms with Gasteiger partial charge in [0.25, 0.3) is 8.53 Å². The zero-order valence-corrected chi connectivity index (χ0v) is 18.2. The third kappa shape index (κ3) is 6.59. The van der Waals surface area contributed by atoms with Gasteiger partial charge in [0.2, 0.25) is 0 Å². The third-order valence-electron chi connectivity index (χ3n) is 4.67. The first kappa shape index (κ1) is 27.4. The molecule has 2 rings (SSSR count). The van der Waals surface area contributed by atoms with Crippen LogP contribution in [0, 0.1) is 6.92 Å². The molecular formula is C20H19F9NO2P. The highest BCUT2D eigenvalue weighted by molar-refractivity contribution is 7.42. The molecule has 0 saturated heterocycles. The molecule has 0 radical (unpaired) electrons. The van der Waals surface area contributed by atoms with Crippen LogP contribution in [0.15, 0.2) is 36.4 Å². The van der Waals surface area contributed by atoms with Crippen molar-refractivity contribution in [2.75, 3.05) is 0 Å². The molecule has 3 nitrogen and oxygen atoms in total. The van der Waals surface area contributed by atoms with Gasteiger partial charge in [0.1, 0.15) is 0 Å². The Bertz CT molecular complexity index is 945. The fraction of sp³-hybridized carbons (Fsp3) is 0.400. The van der Waals surface area contributed by atoms with Crippen molar-refractivity contribution in [3.8, 4) is 0 Å². The van der Waals surface area contributed by atoms with Crippen molar-refractivity contribution in [1.82, 2.24) is 4.67 Å². The Morgan fingerprint density at radius 2 is 1.03 bits per heavy atom. The van der Waals surface area contributed by atoms with E-state index in [0.29, 0.717) is 18.2 Å². The summed E-state index contributed by atoms with van der Waals surface area (Å²) in [6.07, 6.45) is -15.3. The minimum absolute atomic E-state index is 0.0248. The largest absolute Gasteiger partial charge is 0.416 e. The predicted octanol–water partition coefficient (Wildman–Crippen LogP) is 7.06. The Morgan fingerprint density at radius 1 is 0.667 bits per heavy atom. The molecule has 0 aliphatic heterocycles. The van der Waals surface area contributed by atoms with E-state index in [9.17, 15) is 49.3 Å². The smallest absolute Gasteiger partial charge is 0.338 e. The minimum atomic E-state index is -5.20. The predicted molar refractivity (Wildman–Crippen MR) is 103 cm³/mol. The molecule has 1 unspecified atom stereocenters. The summed E-state index contributed by atoms with van der Waals surface area (Å²) >= 11 is 0. The summed E-state index contributed by atoms with van der Waals surface area (Å²) in [5.74, 6) is 0. The van der Waals surface area contributed by atoms with Crippen LogP contribution in [0.4, 0.5) is 39.5 Å². The van der Waals surface area contributed by atoms with Crippen molar-refractivity contribution >= 4 is 8.53 Å². The van der Waals surface area contributed by atoms with E-state index in [1.54, 1.807) is 0 Å². The van der Waals surface area contributed by atoms with Gasteiger partial charge in [-0.3, -0.25) is 0 Å². The fourth-order valence-corrected chi connectivity index (χ4v) is 4.26. The maximum Gasteiger partial charge on any atom is 0.416 e. The van der Waals surface area contributed by atoms with Gasteiger partial charge >= 0.3 is 18.5 Å². The highest BCUT2D eigenvalue weighted by Gasteiger charge is 2.40. The van der Waals surface area contributed by atoms with Gasteiger partial charge in [-0.15, -0.1) is 0 Å². The van der Waals surface area contributed by atoms with Crippen LogP contribution in [0.2, 0.25) is 0 Å². The molecule has 0 fully saturated rings. The summed E-state index contributed by atoms with van der Waals surface area (Å²) in [7, 11) is -3.12. The summed E-state index contributed by atoms with van der Waals surface area (Å²) in [5.41, 5.74) is -5.56. The Balaban J connectivity index is 2.93. The number of nitrogens with zero attached hydrogens (tertiary/aromatic N) is 1. The first-order valence-corrected chi connectivity index (χ1v) is 10.5. The minimum Gasteiger partial charge on any atom is -0.338 e. The SMILES string of the molecule is Cc1cc(C(c2cc(C(F)(F)F)cc(C(F)(F)F)c2)N(C(C)C)P(O)O)cc(C(F)(F)F)c1. The first-order chi connectivity index (χ1) is 14.8. The van der Waals surface area contributed by atoms with E-state index in [-0.39, 0.29) is 17.2 Å². The van der Waals surface area contributed by atoms with Crippen LogP contribution >= 0.6 is 8.53 Å². The highest BCUT2D eigenvalue weighted by atomic mass is 31.2. The second-order valence-electron chi connectivity index (χ2n) is 7.61. The molecule has 1 atom stereocenters. The van der Waals surface area contributed by atoms with Gasteiger partial charge in [0, 0.05) is 6.04 Å². The lowest BCUT2D eigenvalue weighted by Crippen LogP contribution is -2.32. The molecular weight excluding hydrogens is 488 g/mol.